The standard InChI is InChI=1S/C21H26F2N4O3/c1-10(25(2)3)11-6-7-26(8-11)19-15(22)17(24)14-18(16(19)23)27(12-4-5-12)9-13(20(14)28)21(29)30/h9-12H,4-8,24H2,1-3H3,(H,29,30)/t10-,11+/m0/s1. The Morgan fingerprint density at radius 1 is 1.27 bits per heavy atom. The van der Waals surface area contributed by atoms with E-state index in [1.54, 1.807) is 4.90 Å². The Kier molecular flexibility index (Phi) is 4.96. The molecular weight excluding hydrogens is 394 g/mol. The van der Waals surface area contributed by atoms with Gasteiger partial charge in [-0.15, -0.1) is 0 Å². The van der Waals surface area contributed by atoms with Crippen molar-refractivity contribution >= 4 is 28.2 Å². The van der Waals surface area contributed by atoms with Gasteiger partial charge in [-0.2, -0.15) is 0 Å². The Hall–Kier alpha value is -2.68. The van der Waals surface area contributed by atoms with Gasteiger partial charge in [0, 0.05) is 31.4 Å². The highest BCUT2D eigenvalue weighted by atomic mass is 19.1. The summed E-state index contributed by atoms with van der Waals surface area (Å²) >= 11 is 0. The number of rotatable bonds is 5. The van der Waals surface area contributed by atoms with Crippen LogP contribution in [0.25, 0.3) is 10.9 Å². The maximum absolute atomic E-state index is 15.8. The summed E-state index contributed by atoms with van der Waals surface area (Å²) in [6, 6.07) is 0.111. The van der Waals surface area contributed by atoms with Crippen molar-refractivity contribution in [3.05, 3.63) is 33.6 Å². The molecule has 1 aromatic carbocycles. The Labute approximate surface area is 172 Å². The number of aromatic nitrogens is 1. The first-order valence-corrected chi connectivity index (χ1v) is 10.1. The second kappa shape index (κ2) is 7.23. The lowest BCUT2D eigenvalue weighted by Crippen LogP contribution is -2.34. The molecule has 0 spiro atoms. The van der Waals surface area contributed by atoms with Crippen LogP contribution in [0.15, 0.2) is 11.0 Å². The average Bonchev–Trinajstić information content (AvgIpc) is 3.42. The quantitative estimate of drug-likeness (QED) is 0.723. The van der Waals surface area contributed by atoms with E-state index in [4.69, 9.17) is 5.73 Å². The highest BCUT2D eigenvalue weighted by Crippen LogP contribution is 2.42. The Morgan fingerprint density at radius 2 is 1.93 bits per heavy atom. The second-order valence-electron chi connectivity index (χ2n) is 8.63. The number of hydrogen-bond donors (Lipinski definition) is 2. The number of halogens is 2. The van der Waals surface area contributed by atoms with Crippen molar-refractivity contribution in [1.29, 1.82) is 0 Å². The van der Waals surface area contributed by atoms with Crippen LogP contribution in [0.2, 0.25) is 0 Å². The molecule has 9 heteroatoms. The number of hydrogen-bond acceptors (Lipinski definition) is 5. The van der Waals surface area contributed by atoms with Crippen molar-refractivity contribution in [3.63, 3.8) is 0 Å². The molecule has 1 aliphatic carbocycles. The normalized spacial score (nSPS) is 20.3. The monoisotopic (exact) mass is 420 g/mol. The predicted molar refractivity (Wildman–Crippen MR) is 111 cm³/mol. The average molecular weight is 420 g/mol. The zero-order valence-corrected chi connectivity index (χ0v) is 17.3. The summed E-state index contributed by atoms with van der Waals surface area (Å²) in [5, 5.41) is 8.99. The Bertz CT molecular complexity index is 1090. The van der Waals surface area contributed by atoms with Crippen LogP contribution in [0, 0.1) is 17.6 Å². The molecule has 7 nitrogen and oxygen atoms in total. The van der Waals surface area contributed by atoms with Crippen molar-refractivity contribution in [3.8, 4) is 0 Å². The highest BCUT2D eigenvalue weighted by molar-refractivity contribution is 5.99. The van der Waals surface area contributed by atoms with Crippen LogP contribution in [0.3, 0.4) is 0 Å². The molecule has 0 radical (unpaired) electrons. The lowest BCUT2D eigenvalue weighted by Gasteiger charge is -2.27. The maximum atomic E-state index is 15.8. The number of nitrogens with two attached hydrogens (primary N) is 1. The summed E-state index contributed by atoms with van der Waals surface area (Å²) in [6.45, 7) is 3.02. The first kappa shape index (κ1) is 20.6. The van der Waals surface area contributed by atoms with Crippen LogP contribution in [0.1, 0.15) is 42.6 Å². The first-order valence-electron chi connectivity index (χ1n) is 10.1. The summed E-state index contributed by atoms with van der Waals surface area (Å²) in [5.74, 6) is -3.06. The van der Waals surface area contributed by atoms with Crippen molar-refractivity contribution in [2.75, 3.05) is 37.8 Å². The zero-order chi connectivity index (χ0) is 21.9. The molecule has 2 atom stereocenters. The minimum atomic E-state index is -1.44. The van der Waals surface area contributed by atoms with Gasteiger partial charge in [0.05, 0.1) is 16.6 Å². The topological polar surface area (TPSA) is 91.8 Å². The molecule has 2 fully saturated rings. The number of carboxylic acid groups (broad SMARTS) is 1. The SMILES string of the molecule is C[C@@H]([C@@H]1CCN(c2c(F)c(N)c3c(=O)c(C(=O)O)cn(C4CC4)c3c2F)C1)N(C)C. The van der Waals surface area contributed by atoms with E-state index in [0.717, 1.165) is 25.5 Å². The molecule has 2 aliphatic rings. The summed E-state index contributed by atoms with van der Waals surface area (Å²) in [4.78, 5) is 28.0. The van der Waals surface area contributed by atoms with Gasteiger partial charge in [0.1, 0.15) is 11.3 Å². The molecule has 1 aliphatic heterocycles. The van der Waals surface area contributed by atoms with Gasteiger partial charge in [-0.25, -0.2) is 13.6 Å². The summed E-state index contributed by atoms with van der Waals surface area (Å²) in [7, 11) is 3.94. The fourth-order valence-corrected chi connectivity index (χ4v) is 4.43. The van der Waals surface area contributed by atoms with Crippen molar-refractivity contribution in [1.82, 2.24) is 9.47 Å². The van der Waals surface area contributed by atoms with Crippen LogP contribution in [0.4, 0.5) is 20.2 Å². The molecule has 0 unspecified atom stereocenters. The van der Waals surface area contributed by atoms with Gasteiger partial charge in [0.2, 0.25) is 5.43 Å². The molecule has 1 aromatic heterocycles. The smallest absolute Gasteiger partial charge is 0.341 e. The second-order valence-corrected chi connectivity index (χ2v) is 8.63. The molecule has 0 amide bonds. The molecule has 3 N–H and O–H groups in total. The van der Waals surface area contributed by atoms with Gasteiger partial charge in [0.25, 0.3) is 0 Å². The minimum absolute atomic E-state index is 0.106. The van der Waals surface area contributed by atoms with Gasteiger partial charge in [-0.05, 0) is 46.2 Å². The fourth-order valence-electron chi connectivity index (χ4n) is 4.43. The van der Waals surface area contributed by atoms with E-state index in [9.17, 15) is 14.7 Å². The first-order chi connectivity index (χ1) is 14.1. The van der Waals surface area contributed by atoms with Gasteiger partial charge in [-0.3, -0.25) is 4.79 Å². The molecule has 2 aromatic rings. The lowest BCUT2D eigenvalue weighted by molar-refractivity contribution is 0.0695. The fraction of sp³-hybridized carbons (Fsp3) is 0.524. The van der Waals surface area contributed by atoms with Gasteiger partial charge >= 0.3 is 5.97 Å². The molecule has 30 heavy (non-hydrogen) atoms. The van der Waals surface area contributed by atoms with E-state index in [2.05, 4.69) is 11.8 Å². The number of benzene rings is 1. The number of nitrogens with zero attached hydrogens (tertiary/aromatic N) is 3. The molecule has 4 rings (SSSR count). The van der Waals surface area contributed by atoms with Gasteiger partial charge in [0.15, 0.2) is 11.6 Å². The number of carbonyl (C=O) groups is 1. The van der Waals surface area contributed by atoms with Crippen LogP contribution in [-0.2, 0) is 0 Å². The number of carboxylic acids is 1. The van der Waals surface area contributed by atoms with E-state index in [1.165, 1.54) is 4.57 Å². The summed E-state index contributed by atoms with van der Waals surface area (Å²) in [6.07, 6.45) is 3.41. The van der Waals surface area contributed by atoms with Crippen LogP contribution < -0.4 is 16.1 Å². The van der Waals surface area contributed by atoms with Crippen molar-refractivity contribution in [2.24, 2.45) is 5.92 Å². The van der Waals surface area contributed by atoms with Gasteiger partial charge in [-0.1, -0.05) is 0 Å². The third kappa shape index (κ3) is 3.12. The van der Waals surface area contributed by atoms with Crippen LogP contribution in [-0.4, -0.2) is 53.8 Å². The third-order valence-electron chi connectivity index (χ3n) is 6.57. The number of fused-ring (bicyclic) bond motifs is 1. The van der Waals surface area contributed by atoms with E-state index in [-0.39, 0.29) is 29.2 Å². The molecular formula is C21H26F2N4O3. The predicted octanol–water partition coefficient (Wildman–Crippen LogP) is 2.67. The van der Waals surface area contributed by atoms with E-state index < -0.39 is 39.7 Å². The van der Waals surface area contributed by atoms with Gasteiger partial charge < -0.3 is 25.2 Å². The number of aromatic carboxylic acids is 1. The molecule has 1 saturated heterocycles. The Balaban J connectivity index is 1.92. The lowest BCUT2D eigenvalue weighted by atomic mass is 10.00. The molecule has 2 heterocycles. The number of pyridine rings is 1. The summed E-state index contributed by atoms with van der Waals surface area (Å²) in [5.41, 5.74) is 3.65. The third-order valence-corrected chi connectivity index (χ3v) is 6.57. The largest absolute Gasteiger partial charge is 0.477 e. The molecule has 162 valence electrons. The van der Waals surface area contributed by atoms with E-state index in [1.807, 2.05) is 14.1 Å². The van der Waals surface area contributed by atoms with E-state index >= 15 is 8.78 Å². The molecule has 0 bridgehead atoms. The van der Waals surface area contributed by atoms with Crippen molar-refractivity contribution < 1.29 is 18.7 Å². The number of nitrogen functional groups attached to an aromatic ring is 1. The van der Waals surface area contributed by atoms with Crippen molar-refractivity contribution in [2.45, 2.75) is 38.3 Å². The van der Waals surface area contributed by atoms with Crippen LogP contribution in [0.5, 0.6) is 0 Å². The number of anilines is 2. The molecule has 1 saturated carbocycles. The summed E-state index contributed by atoms with van der Waals surface area (Å²) < 4.78 is 32.5. The maximum Gasteiger partial charge on any atom is 0.341 e. The van der Waals surface area contributed by atoms with E-state index in [0.29, 0.717) is 13.1 Å². The Morgan fingerprint density at radius 3 is 2.50 bits per heavy atom. The van der Waals surface area contributed by atoms with Crippen LogP contribution >= 0.6 is 0 Å². The minimum Gasteiger partial charge on any atom is -0.477 e. The zero-order valence-electron chi connectivity index (χ0n) is 17.3. The highest BCUT2D eigenvalue weighted by Gasteiger charge is 2.36.